The smallest absolute Gasteiger partial charge is 0.250 e. The molecule has 1 amide bonds. The minimum absolute atomic E-state index is 0.0508. The summed E-state index contributed by atoms with van der Waals surface area (Å²) >= 11 is 1.51. The van der Waals surface area contributed by atoms with E-state index in [-0.39, 0.29) is 5.91 Å². The number of nitrogens with one attached hydrogen (secondary N) is 1. The van der Waals surface area contributed by atoms with Gasteiger partial charge in [-0.1, -0.05) is 43.7 Å². The summed E-state index contributed by atoms with van der Waals surface area (Å²) in [7, 11) is 0. The first-order chi connectivity index (χ1) is 10.5. The second-order valence-electron chi connectivity index (χ2n) is 5.76. The molecule has 114 valence electrons. The molecular formula is C16H18N4OS. The van der Waals surface area contributed by atoms with Crippen LogP contribution in [0.3, 0.4) is 0 Å². The molecule has 2 heterocycles. The number of fused-ring (bicyclic) bond motifs is 1. The molecule has 0 radical (unpaired) electrons. The van der Waals surface area contributed by atoms with Crippen LogP contribution in [0.2, 0.25) is 0 Å². The second-order valence-corrected chi connectivity index (χ2v) is 6.60. The van der Waals surface area contributed by atoms with Gasteiger partial charge in [0.2, 0.25) is 16.8 Å². The summed E-state index contributed by atoms with van der Waals surface area (Å²) in [6, 6.07) is 8.27. The Morgan fingerprint density at radius 3 is 2.73 bits per heavy atom. The predicted molar refractivity (Wildman–Crippen MR) is 89.1 cm³/mol. The number of thiazole rings is 1. The number of benzene rings is 1. The van der Waals surface area contributed by atoms with Gasteiger partial charge in [-0.15, -0.1) is 16.4 Å². The van der Waals surface area contributed by atoms with Crippen LogP contribution < -0.4 is 5.32 Å². The second kappa shape index (κ2) is 5.88. The van der Waals surface area contributed by atoms with Crippen molar-refractivity contribution in [2.24, 2.45) is 5.92 Å². The third kappa shape index (κ3) is 3.01. The number of aromatic nitrogens is 3. The van der Waals surface area contributed by atoms with E-state index in [9.17, 15) is 4.79 Å². The largest absolute Gasteiger partial charge is 0.293 e. The van der Waals surface area contributed by atoms with Crippen molar-refractivity contribution in [3.05, 3.63) is 35.2 Å². The number of carbonyl (C=O) groups excluding carboxylic acids is 1. The molecule has 3 rings (SSSR count). The normalized spacial score (nSPS) is 11.3. The quantitative estimate of drug-likeness (QED) is 0.798. The zero-order chi connectivity index (χ0) is 15.7. The molecule has 0 saturated carbocycles. The molecular weight excluding hydrogens is 296 g/mol. The molecule has 1 N–H and O–H groups in total. The lowest BCUT2D eigenvalue weighted by Crippen LogP contribution is -2.14. The first kappa shape index (κ1) is 14.7. The molecule has 0 fully saturated rings. The molecule has 0 unspecified atom stereocenters. The topological polar surface area (TPSA) is 59.3 Å². The number of hydrogen-bond acceptors (Lipinski definition) is 4. The van der Waals surface area contributed by atoms with E-state index in [1.807, 2.05) is 19.2 Å². The molecule has 2 aromatic heterocycles. The van der Waals surface area contributed by atoms with Crippen molar-refractivity contribution in [1.82, 2.24) is 14.6 Å². The van der Waals surface area contributed by atoms with Gasteiger partial charge in [0.15, 0.2) is 0 Å². The molecule has 6 heteroatoms. The lowest BCUT2D eigenvalue weighted by Gasteiger charge is -2.03. The average molecular weight is 314 g/mol. The van der Waals surface area contributed by atoms with Crippen molar-refractivity contribution in [2.75, 3.05) is 5.32 Å². The fourth-order valence-corrected chi connectivity index (χ4v) is 3.03. The van der Waals surface area contributed by atoms with Crippen LogP contribution in [0.5, 0.6) is 0 Å². The Kier molecular flexibility index (Phi) is 3.94. The first-order valence-electron chi connectivity index (χ1n) is 7.24. The Balaban J connectivity index is 1.88. The summed E-state index contributed by atoms with van der Waals surface area (Å²) < 4.78 is 1.78. The molecule has 0 aliphatic heterocycles. The van der Waals surface area contributed by atoms with Gasteiger partial charge >= 0.3 is 0 Å². The maximum absolute atomic E-state index is 11.8. The number of aryl methyl sites for hydroxylation is 1. The zero-order valence-corrected chi connectivity index (χ0v) is 13.6. The third-order valence-electron chi connectivity index (χ3n) is 3.27. The number of rotatable bonds is 4. The molecule has 0 bridgehead atoms. The Labute approximate surface area is 133 Å². The van der Waals surface area contributed by atoms with E-state index < -0.39 is 0 Å². The van der Waals surface area contributed by atoms with E-state index in [0.717, 1.165) is 16.2 Å². The van der Waals surface area contributed by atoms with Crippen LogP contribution in [-0.4, -0.2) is 20.5 Å². The summed E-state index contributed by atoms with van der Waals surface area (Å²) in [5, 5.41) is 9.19. The van der Waals surface area contributed by atoms with Crippen molar-refractivity contribution in [2.45, 2.75) is 27.2 Å². The van der Waals surface area contributed by atoms with Crippen molar-refractivity contribution >= 4 is 28.2 Å². The van der Waals surface area contributed by atoms with Crippen molar-refractivity contribution in [3.63, 3.8) is 0 Å². The van der Waals surface area contributed by atoms with Crippen LogP contribution in [0.1, 0.15) is 25.8 Å². The van der Waals surface area contributed by atoms with Gasteiger partial charge in [0.05, 0.1) is 5.69 Å². The van der Waals surface area contributed by atoms with Gasteiger partial charge in [-0.05, 0) is 12.8 Å². The van der Waals surface area contributed by atoms with E-state index in [1.165, 1.54) is 16.9 Å². The highest BCUT2D eigenvalue weighted by Crippen LogP contribution is 2.26. The van der Waals surface area contributed by atoms with Gasteiger partial charge < -0.3 is 0 Å². The standard InChI is InChI=1S/C16H18N4OS/c1-10(2)8-14(21)17-15-18-16-20(19-15)13(9-22-16)12-6-4-11(3)5-7-12/h4-7,9-10H,8H2,1-3H3,(H,17,19,21). The Morgan fingerprint density at radius 1 is 1.32 bits per heavy atom. The summed E-state index contributed by atoms with van der Waals surface area (Å²) in [5.74, 6) is 0.628. The van der Waals surface area contributed by atoms with Gasteiger partial charge in [-0.3, -0.25) is 10.1 Å². The fourth-order valence-electron chi connectivity index (χ4n) is 2.20. The van der Waals surface area contributed by atoms with Gasteiger partial charge in [0.25, 0.3) is 0 Å². The molecule has 1 aromatic carbocycles. The van der Waals surface area contributed by atoms with Gasteiger partial charge in [-0.25, -0.2) is 4.52 Å². The summed E-state index contributed by atoms with van der Waals surface area (Å²) in [4.78, 5) is 17.0. The number of carbonyl (C=O) groups is 1. The van der Waals surface area contributed by atoms with E-state index in [2.05, 4.69) is 46.6 Å². The van der Waals surface area contributed by atoms with Crippen molar-refractivity contribution in [1.29, 1.82) is 0 Å². The number of nitrogens with zero attached hydrogens (tertiary/aromatic N) is 3. The highest BCUT2D eigenvalue weighted by molar-refractivity contribution is 7.15. The zero-order valence-electron chi connectivity index (χ0n) is 12.8. The Bertz CT molecular complexity index is 801. The fraction of sp³-hybridized carbons (Fsp3) is 0.312. The van der Waals surface area contributed by atoms with E-state index in [0.29, 0.717) is 18.3 Å². The first-order valence-corrected chi connectivity index (χ1v) is 8.12. The lowest BCUT2D eigenvalue weighted by molar-refractivity contribution is -0.116. The molecule has 3 aromatic rings. The van der Waals surface area contributed by atoms with Crippen LogP contribution >= 0.6 is 11.3 Å². The maximum Gasteiger partial charge on any atom is 0.250 e. The van der Waals surface area contributed by atoms with Gasteiger partial charge in [0, 0.05) is 17.4 Å². The van der Waals surface area contributed by atoms with Crippen LogP contribution in [0.4, 0.5) is 5.95 Å². The molecule has 22 heavy (non-hydrogen) atoms. The molecule has 0 aliphatic rings. The number of hydrogen-bond donors (Lipinski definition) is 1. The van der Waals surface area contributed by atoms with Crippen LogP contribution in [0, 0.1) is 12.8 Å². The Morgan fingerprint density at radius 2 is 2.05 bits per heavy atom. The SMILES string of the molecule is Cc1ccc(-c2csc3nc(NC(=O)CC(C)C)nn23)cc1. The molecule has 0 saturated heterocycles. The minimum Gasteiger partial charge on any atom is -0.293 e. The molecule has 5 nitrogen and oxygen atoms in total. The number of anilines is 1. The minimum atomic E-state index is -0.0508. The lowest BCUT2D eigenvalue weighted by atomic mass is 10.1. The van der Waals surface area contributed by atoms with Crippen LogP contribution in [0.25, 0.3) is 16.2 Å². The van der Waals surface area contributed by atoms with Crippen LogP contribution in [-0.2, 0) is 4.79 Å². The van der Waals surface area contributed by atoms with E-state index in [4.69, 9.17) is 0 Å². The van der Waals surface area contributed by atoms with Crippen molar-refractivity contribution in [3.8, 4) is 11.3 Å². The van der Waals surface area contributed by atoms with Gasteiger partial charge in [-0.2, -0.15) is 4.98 Å². The Hall–Kier alpha value is -2.21. The van der Waals surface area contributed by atoms with E-state index in [1.54, 1.807) is 4.52 Å². The monoisotopic (exact) mass is 314 g/mol. The predicted octanol–water partition coefficient (Wildman–Crippen LogP) is 3.75. The third-order valence-corrected chi connectivity index (χ3v) is 4.09. The summed E-state index contributed by atoms with van der Waals surface area (Å²) in [6.45, 7) is 6.08. The van der Waals surface area contributed by atoms with Crippen molar-refractivity contribution < 1.29 is 4.79 Å². The molecule has 0 atom stereocenters. The highest BCUT2D eigenvalue weighted by atomic mass is 32.1. The molecule has 0 spiro atoms. The average Bonchev–Trinajstić information content (AvgIpc) is 2.98. The maximum atomic E-state index is 11.8. The van der Waals surface area contributed by atoms with Gasteiger partial charge in [0.1, 0.15) is 0 Å². The summed E-state index contributed by atoms with van der Waals surface area (Å²) in [5.41, 5.74) is 3.29. The number of amides is 1. The van der Waals surface area contributed by atoms with E-state index >= 15 is 0 Å². The summed E-state index contributed by atoms with van der Waals surface area (Å²) in [6.07, 6.45) is 0.470. The molecule has 0 aliphatic carbocycles. The highest BCUT2D eigenvalue weighted by Gasteiger charge is 2.13. The van der Waals surface area contributed by atoms with Crippen LogP contribution in [0.15, 0.2) is 29.6 Å².